The highest BCUT2D eigenvalue weighted by atomic mass is 32.2. The number of amides is 3. The summed E-state index contributed by atoms with van der Waals surface area (Å²) in [6, 6.07) is 9.62. The molecule has 2 saturated heterocycles. The Hall–Kier alpha value is -3.59. The van der Waals surface area contributed by atoms with Crippen molar-refractivity contribution in [3.8, 4) is 11.5 Å². The summed E-state index contributed by atoms with van der Waals surface area (Å²) in [5.74, 6) is -0.0332. The monoisotopic (exact) mass is 538 g/mol. The first-order valence-corrected chi connectivity index (χ1v) is 13.4. The number of allylic oxidation sites excluding steroid dienone is 1. The topological polar surface area (TPSA) is 76.2 Å². The Kier molecular flexibility index (Phi) is 9.23. The van der Waals surface area contributed by atoms with Gasteiger partial charge in [-0.25, -0.2) is 4.39 Å². The molecule has 0 atom stereocenters. The molecule has 0 N–H and O–H groups in total. The number of hydrogen-bond acceptors (Lipinski definition) is 6. The Bertz CT molecular complexity index is 1240. The Morgan fingerprint density at radius 3 is 2.47 bits per heavy atom. The summed E-state index contributed by atoms with van der Waals surface area (Å²) in [5.41, 5.74) is 2.23. The maximum atomic E-state index is 13.2. The predicted octanol–water partition coefficient (Wildman–Crippen LogP) is 5.58. The van der Waals surface area contributed by atoms with Crippen molar-refractivity contribution in [2.45, 2.75) is 38.7 Å². The minimum absolute atomic E-state index is 0.201. The van der Waals surface area contributed by atoms with Gasteiger partial charge in [0.1, 0.15) is 19.0 Å². The number of methoxy groups -OCH3 is 1. The van der Waals surface area contributed by atoms with Gasteiger partial charge in [0.05, 0.1) is 12.0 Å². The van der Waals surface area contributed by atoms with Gasteiger partial charge in [0.15, 0.2) is 11.5 Å². The number of likely N-dealkylation sites (tertiary alicyclic amines) is 1. The second-order valence-electron chi connectivity index (χ2n) is 9.18. The van der Waals surface area contributed by atoms with Crippen LogP contribution in [0.4, 0.5) is 9.18 Å². The van der Waals surface area contributed by atoms with Gasteiger partial charge in [-0.15, -0.1) is 6.58 Å². The van der Waals surface area contributed by atoms with Crippen LogP contribution in [0.15, 0.2) is 54.0 Å². The molecule has 4 rings (SSSR count). The van der Waals surface area contributed by atoms with Crippen LogP contribution in [0, 0.1) is 5.82 Å². The smallest absolute Gasteiger partial charge is 0.294 e. The Morgan fingerprint density at radius 1 is 1.11 bits per heavy atom. The molecule has 2 aliphatic heterocycles. The molecule has 2 aliphatic rings. The lowest BCUT2D eigenvalue weighted by atomic mass is 10.0. The van der Waals surface area contributed by atoms with Crippen molar-refractivity contribution in [3.05, 3.63) is 76.5 Å². The van der Waals surface area contributed by atoms with Crippen LogP contribution in [0.5, 0.6) is 11.5 Å². The zero-order valence-electron chi connectivity index (χ0n) is 21.4. The van der Waals surface area contributed by atoms with E-state index in [9.17, 15) is 18.8 Å². The molecule has 9 heteroatoms. The fraction of sp³-hybridized carbons (Fsp3) is 0.345. The first-order chi connectivity index (χ1) is 18.4. The van der Waals surface area contributed by atoms with Crippen molar-refractivity contribution in [3.63, 3.8) is 0 Å². The molecule has 7 nitrogen and oxygen atoms in total. The standard InChI is InChI=1S/C29H31FN2O5S/c1-3-8-22-15-21(16-24(36-2)27(22)37-19-20-9-11-23(30)12-10-20)17-25-28(34)32(29(35)38-25)18-26(33)31-13-6-4-5-7-14-31/h3,9-12,15-17H,1,4-8,13-14,18-19H2,2H3. The fourth-order valence-electron chi connectivity index (χ4n) is 4.47. The molecule has 2 fully saturated rings. The number of imide groups is 1. The van der Waals surface area contributed by atoms with E-state index in [0.29, 0.717) is 36.6 Å². The van der Waals surface area contributed by atoms with E-state index in [1.807, 2.05) is 6.07 Å². The molecule has 200 valence electrons. The number of benzene rings is 2. The summed E-state index contributed by atoms with van der Waals surface area (Å²) < 4.78 is 24.8. The Labute approximate surface area is 226 Å². The van der Waals surface area contributed by atoms with Crippen LogP contribution < -0.4 is 9.47 Å². The van der Waals surface area contributed by atoms with E-state index in [1.165, 1.54) is 19.2 Å². The zero-order chi connectivity index (χ0) is 27.1. The number of carbonyl (C=O) groups excluding carboxylic acids is 3. The highest BCUT2D eigenvalue weighted by Gasteiger charge is 2.37. The number of hydrogen-bond donors (Lipinski definition) is 0. The average Bonchev–Trinajstić information content (AvgIpc) is 3.09. The quantitative estimate of drug-likeness (QED) is 0.307. The summed E-state index contributed by atoms with van der Waals surface area (Å²) in [5, 5.41) is -0.457. The van der Waals surface area contributed by atoms with E-state index in [0.717, 1.165) is 53.5 Å². The molecule has 0 aromatic heterocycles. The molecule has 2 aromatic rings. The lowest BCUT2D eigenvalue weighted by Crippen LogP contribution is -2.42. The summed E-state index contributed by atoms with van der Waals surface area (Å²) in [4.78, 5) is 41.5. The molecule has 0 bridgehead atoms. The van der Waals surface area contributed by atoms with E-state index < -0.39 is 11.1 Å². The normalized spacial score (nSPS) is 17.1. The van der Waals surface area contributed by atoms with Crippen LogP contribution in [-0.2, 0) is 22.6 Å². The van der Waals surface area contributed by atoms with Crippen molar-refractivity contribution >= 4 is 34.9 Å². The summed E-state index contributed by atoms with van der Waals surface area (Å²) in [6.07, 6.45) is 7.87. The van der Waals surface area contributed by atoms with Crippen LogP contribution in [-0.4, -0.2) is 53.6 Å². The van der Waals surface area contributed by atoms with Gasteiger partial charge in [0, 0.05) is 18.7 Å². The van der Waals surface area contributed by atoms with Crippen LogP contribution >= 0.6 is 11.8 Å². The van der Waals surface area contributed by atoms with Gasteiger partial charge in [-0.3, -0.25) is 19.3 Å². The minimum atomic E-state index is -0.482. The summed E-state index contributed by atoms with van der Waals surface area (Å²) >= 11 is 0.820. The lowest BCUT2D eigenvalue weighted by molar-refractivity contribution is -0.135. The third-order valence-electron chi connectivity index (χ3n) is 6.46. The first-order valence-electron chi connectivity index (χ1n) is 12.6. The van der Waals surface area contributed by atoms with Gasteiger partial charge >= 0.3 is 0 Å². The molecule has 0 saturated carbocycles. The first kappa shape index (κ1) is 27.4. The third kappa shape index (κ3) is 6.64. The molecule has 3 amide bonds. The van der Waals surface area contributed by atoms with Crippen LogP contribution in [0.2, 0.25) is 0 Å². The van der Waals surface area contributed by atoms with Gasteiger partial charge in [0.25, 0.3) is 11.1 Å². The number of halogens is 1. The lowest BCUT2D eigenvalue weighted by Gasteiger charge is -2.22. The number of carbonyl (C=O) groups is 3. The van der Waals surface area contributed by atoms with Gasteiger partial charge in [0.2, 0.25) is 5.91 Å². The van der Waals surface area contributed by atoms with Gasteiger partial charge in [-0.2, -0.15) is 0 Å². The number of thioether (sulfide) groups is 1. The van der Waals surface area contributed by atoms with E-state index >= 15 is 0 Å². The van der Waals surface area contributed by atoms with Gasteiger partial charge < -0.3 is 14.4 Å². The number of rotatable bonds is 9. The van der Waals surface area contributed by atoms with Crippen molar-refractivity contribution in [1.82, 2.24) is 9.80 Å². The highest BCUT2D eigenvalue weighted by molar-refractivity contribution is 8.18. The Morgan fingerprint density at radius 2 is 1.82 bits per heavy atom. The van der Waals surface area contributed by atoms with E-state index in [4.69, 9.17) is 9.47 Å². The van der Waals surface area contributed by atoms with Crippen LogP contribution in [0.1, 0.15) is 42.4 Å². The second kappa shape index (κ2) is 12.8. The Balaban J connectivity index is 1.53. The zero-order valence-corrected chi connectivity index (χ0v) is 22.2. The average molecular weight is 539 g/mol. The van der Waals surface area contributed by atoms with Crippen molar-refractivity contribution < 1.29 is 28.2 Å². The van der Waals surface area contributed by atoms with Crippen molar-refractivity contribution in [2.24, 2.45) is 0 Å². The fourth-order valence-corrected chi connectivity index (χ4v) is 5.31. The molecular weight excluding hydrogens is 507 g/mol. The van der Waals surface area contributed by atoms with Crippen molar-refractivity contribution in [1.29, 1.82) is 0 Å². The van der Waals surface area contributed by atoms with E-state index in [-0.39, 0.29) is 29.8 Å². The number of ether oxygens (including phenoxy) is 2. The molecular formula is C29H31FN2O5S. The van der Waals surface area contributed by atoms with E-state index in [2.05, 4.69) is 6.58 Å². The highest BCUT2D eigenvalue weighted by Crippen LogP contribution is 2.37. The molecule has 38 heavy (non-hydrogen) atoms. The minimum Gasteiger partial charge on any atom is -0.493 e. The van der Waals surface area contributed by atoms with Crippen molar-refractivity contribution in [2.75, 3.05) is 26.7 Å². The van der Waals surface area contributed by atoms with Gasteiger partial charge in [-0.1, -0.05) is 31.1 Å². The predicted molar refractivity (Wildman–Crippen MR) is 145 cm³/mol. The number of nitrogens with zero attached hydrogens (tertiary/aromatic N) is 2. The third-order valence-corrected chi connectivity index (χ3v) is 7.37. The SMILES string of the molecule is C=CCc1cc(C=C2SC(=O)N(CC(=O)N3CCCCCC3)C2=O)cc(OC)c1OCc1ccc(F)cc1. The summed E-state index contributed by atoms with van der Waals surface area (Å²) in [6.45, 7) is 5.10. The molecule has 0 spiro atoms. The second-order valence-corrected chi connectivity index (χ2v) is 10.2. The maximum absolute atomic E-state index is 13.2. The van der Waals surface area contributed by atoms with E-state index in [1.54, 1.807) is 35.3 Å². The molecule has 0 aliphatic carbocycles. The van der Waals surface area contributed by atoms with Crippen LogP contribution in [0.25, 0.3) is 6.08 Å². The molecule has 2 aromatic carbocycles. The van der Waals surface area contributed by atoms with Crippen LogP contribution in [0.3, 0.4) is 0 Å². The molecule has 0 radical (unpaired) electrons. The van der Waals surface area contributed by atoms with Gasteiger partial charge in [-0.05, 0) is 72.5 Å². The summed E-state index contributed by atoms with van der Waals surface area (Å²) in [7, 11) is 1.52. The molecule has 2 heterocycles. The maximum Gasteiger partial charge on any atom is 0.294 e. The largest absolute Gasteiger partial charge is 0.493 e. The molecule has 0 unspecified atom stereocenters.